The molecule has 190 valence electrons. The number of benzene rings is 3. The summed E-state index contributed by atoms with van der Waals surface area (Å²) in [6, 6.07) is 12.5. The maximum Gasteiger partial charge on any atom is 0.418 e. The molecule has 0 bridgehead atoms. The molecule has 0 unspecified atom stereocenters. The van der Waals surface area contributed by atoms with Crippen molar-refractivity contribution in [3.63, 3.8) is 0 Å². The molecule has 3 aromatic carbocycles. The number of rotatable bonds is 5. The second-order valence-corrected chi connectivity index (χ2v) is 9.15. The van der Waals surface area contributed by atoms with Crippen LogP contribution in [0.2, 0.25) is 15.1 Å². The zero-order valence-corrected chi connectivity index (χ0v) is 21.1. The number of halogens is 7. The molecule has 3 aromatic rings. The molecule has 0 saturated carbocycles. The largest absolute Gasteiger partial charge is 0.418 e. The van der Waals surface area contributed by atoms with Crippen molar-refractivity contribution in [1.82, 2.24) is 0 Å². The Balaban J connectivity index is 1.52. The predicted molar refractivity (Wildman–Crippen MR) is 136 cm³/mol. The van der Waals surface area contributed by atoms with Crippen molar-refractivity contribution in [2.45, 2.75) is 6.18 Å². The highest BCUT2D eigenvalue weighted by Crippen LogP contribution is 2.39. The Bertz CT molecular complexity index is 1470. The van der Waals surface area contributed by atoms with Crippen LogP contribution < -0.4 is 15.5 Å². The van der Waals surface area contributed by atoms with Gasteiger partial charge in [0.05, 0.1) is 32.0 Å². The van der Waals surface area contributed by atoms with Gasteiger partial charge in [0.25, 0.3) is 17.7 Å². The van der Waals surface area contributed by atoms with Crippen LogP contribution in [-0.2, 0) is 15.8 Å². The highest BCUT2D eigenvalue weighted by Gasteiger charge is 2.40. The van der Waals surface area contributed by atoms with Crippen LogP contribution in [0.4, 0.5) is 30.2 Å². The van der Waals surface area contributed by atoms with Gasteiger partial charge in [0.2, 0.25) is 0 Å². The summed E-state index contributed by atoms with van der Waals surface area (Å²) in [4.78, 5) is 38.9. The van der Waals surface area contributed by atoms with Gasteiger partial charge in [-0.1, -0.05) is 58.5 Å². The van der Waals surface area contributed by atoms with E-state index in [0.717, 1.165) is 17.0 Å². The predicted octanol–water partition coefficient (Wildman–Crippen LogP) is 7.35. The van der Waals surface area contributed by atoms with Gasteiger partial charge < -0.3 is 10.6 Å². The van der Waals surface area contributed by atoms with Crippen molar-refractivity contribution >= 4 is 81.2 Å². The third-order valence-electron chi connectivity index (χ3n) is 5.16. The van der Waals surface area contributed by atoms with Gasteiger partial charge in [0.1, 0.15) is 10.7 Å². The fourth-order valence-electron chi connectivity index (χ4n) is 3.40. The molecule has 2 N–H and O–H groups in total. The van der Waals surface area contributed by atoms with Crippen LogP contribution in [0.25, 0.3) is 0 Å². The molecule has 13 heteroatoms. The zero-order chi connectivity index (χ0) is 27.1. The number of hydrogen-bond acceptors (Lipinski definition) is 4. The van der Waals surface area contributed by atoms with E-state index in [1.54, 1.807) is 0 Å². The molecular weight excluding hydrogens is 577 g/mol. The quantitative estimate of drug-likeness (QED) is 0.241. The second-order valence-electron chi connectivity index (χ2n) is 7.55. The average molecular weight is 589 g/mol. The zero-order valence-electron chi connectivity index (χ0n) is 18.1. The van der Waals surface area contributed by atoms with Crippen LogP contribution in [-0.4, -0.2) is 17.7 Å². The number of carbonyl (C=O) groups is 3. The first kappa shape index (κ1) is 26.8. The Morgan fingerprint density at radius 2 is 1.43 bits per heavy atom. The summed E-state index contributed by atoms with van der Waals surface area (Å²) < 4.78 is 39.6. The summed E-state index contributed by atoms with van der Waals surface area (Å²) in [7, 11) is 0. The van der Waals surface area contributed by atoms with Gasteiger partial charge in [-0.25, -0.2) is 4.90 Å². The molecule has 0 spiro atoms. The highest BCUT2D eigenvalue weighted by atomic mass is 35.5. The molecule has 3 amide bonds. The number of hydrogen-bond donors (Lipinski definition) is 2. The van der Waals surface area contributed by atoms with Crippen molar-refractivity contribution in [1.29, 1.82) is 0 Å². The first-order valence-corrected chi connectivity index (χ1v) is 11.7. The van der Waals surface area contributed by atoms with E-state index in [2.05, 4.69) is 10.6 Å². The molecule has 6 nitrogen and oxygen atoms in total. The maximum atomic E-state index is 13.2. The van der Waals surface area contributed by atoms with E-state index < -0.39 is 40.2 Å². The number of amides is 3. The van der Waals surface area contributed by atoms with Crippen molar-refractivity contribution in [3.8, 4) is 0 Å². The summed E-state index contributed by atoms with van der Waals surface area (Å²) in [6.45, 7) is 0. The number of nitrogens with zero attached hydrogens (tertiary/aromatic N) is 1. The molecular formula is C24H12Cl4F3N3O3. The lowest BCUT2D eigenvalue weighted by Crippen LogP contribution is -2.32. The lowest BCUT2D eigenvalue weighted by Gasteiger charge is -2.17. The Labute approximate surface area is 227 Å². The number of anilines is 3. The average Bonchev–Trinajstić information content (AvgIpc) is 3.04. The van der Waals surface area contributed by atoms with E-state index >= 15 is 0 Å². The van der Waals surface area contributed by atoms with E-state index in [1.807, 2.05) is 0 Å². The lowest BCUT2D eigenvalue weighted by molar-refractivity contribution is -0.137. The Morgan fingerprint density at radius 3 is 2.08 bits per heavy atom. The topological polar surface area (TPSA) is 78.5 Å². The molecule has 37 heavy (non-hydrogen) atoms. The molecule has 1 heterocycles. The number of nitrogens with one attached hydrogen (secondary N) is 2. The highest BCUT2D eigenvalue weighted by molar-refractivity contribution is 6.54. The van der Waals surface area contributed by atoms with E-state index in [9.17, 15) is 27.6 Å². The number of alkyl halides is 3. The molecule has 0 radical (unpaired) electrons. The van der Waals surface area contributed by atoms with E-state index in [-0.39, 0.29) is 37.7 Å². The van der Waals surface area contributed by atoms with Gasteiger partial charge in [-0.2, -0.15) is 13.2 Å². The smallest absolute Gasteiger partial charge is 0.350 e. The third-order valence-corrected chi connectivity index (χ3v) is 6.53. The summed E-state index contributed by atoms with van der Waals surface area (Å²) in [5.74, 6) is -2.46. The maximum absolute atomic E-state index is 13.2. The third kappa shape index (κ3) is 5.40. The van der Waals surface area contributed by atoms with Gasteiger partial charge in [-0.15, -0.1) is 0 Å². The van der Waals surface area contributed by atoms with Gasteiger partial charge in [0, 0.05) is 11.3 Å². The summed E-state index contributed by atoms with van der Waals surface area (Å²) in [6.07, 6.45) is -4.65. The molecule has 0 fully saturated rings. The minimum absolute atomic E-state index is 0.00993. The van der Waals surface area contributed by atoms with E-state index in [0.29, 0.717) is 0 Å². The SMILES string of the molecule is O=C(Nc1ccccc1C(F)(F)F)c1ccc(NC2=C(Cl)C(=O)N(c3cc(Cl)c(Cl)cc3Cl)C2=O)cc1. The fourth-order valence-corrected chi connectivity index (χ4v) is 4.23. The monoisotopic (exact) mass is 587 g/mol. The first-order valence-electron chi connectivity index (χ1n) is 10.2. The molecule has 0 aliphatic carbocycles. The van der Waals surface area contributed by atoms with Crippen molar-refractivity contribution in [2.75, 3.05) is 15.5 Å². The summed E-state index contributed by atoms with van der Waals surface area (Å²) >= 11 is 24.1. The van der Waals surface area contributed by atoms with Crippen LogP contribution in [0.5, 0.6) is 0 Å². The Kier molecular flexibility index (Phi) is 7.43. The fraction of sp³-hybridized carbons (Fsp3) is 0.0417. The van der Waals surface area contributed by atoms with Crippen LogP contribution in [0.3, 0.4) is 0 Å². The van der Waals surface area contributed by atoms with Crippen molar-refractivity contribution in [2.24, 2.45) is 0 Å². The number of imide groups is 1. The minimum Gasteiger partial charge on any atom is -0.350 e. The molecule has 0 atom stereocenters. The van der Waals surface area contributed by atoms with E-state index in [1.165, 1.54) is 48.5 Å². The summed E-state index contributed by atoms with van der Waals surface area (Å²) in [5, 5.41) is 4.71. The van der Waals surface area contributed by atoms with Gasteiger partial charge in [0.15, 0.2) is 0 Å². The number of carbonyl (C=O) groups excluding carboxylic acids is 3. The lowest BCUT2D eigenvalue weighted by atomic mass is 10.1. The van der Waals surface area contributed by atoms with Crippen molar-refractivity contribution in [3.05, 3.63) is 97.6 Å². The Morgan fingerprint density at radius 1 is 0.811 bits per heavy atom. The standard InChI is InChI=1S/C24H12Cl4F3N3O3/c25-14-9-16(27)18(10-15(14)26)34-22(36)19(28)20(23(34)37)32-12-7-5-11(6-8-12)21(35)33-17-4-2-1-3-13(17)24(29,30)31/h1-10,32H,(H,33,35). The van der Waals surface area contributed by atoms with Crippen LogP contribution in [0.1, 0.15) is 15.9 Å². The summed E-state index contributed by atoms with van der Waals surface area (Å²) in [5.41, 5.74) is -1.35. The van der Waals surface area contributed by atoms with Gasteiger partial charge >= 0.3 is 6.18 Å². The normalized spacial score (nSPS) is 13.9. The van der Waals surface area contributed by atoms with Crippen molar-refractivity contribution < 1.29 is 27.6 Å². The van der Waals surface area contributed by atoms with E-state index in [4.69, 9.17) is 46.4 Å². The van der Waals surface area contributed by atoms with Gasteiger partial charge in [-0.3, -0.25) is 14.4 Å². The molecule has 1 aliphatic heterocycles. The molecule has 1 aliphatic rings. The van der Waals surface area contributed by atoms with Gasteiger partial charge in [-0.05, 0) is 48.5 Å². The van der Waals surface area contributed by atoms with Crippen LogP contribution >= 0.6 is 46.4 Å². The number of para-hydroxylation sites is 1. The first-order chi connectivity index (χ1) is 17.4. The van der Waals surface area contributed by atoms with Crippen LogP contribution in [0.15, 0.2) is 71.4 Å². The Hall–Kier alpha value is -3.24. The molecule has 4 rings (SSSR count). The second kappa shape index (κ2) is 10.3. The van der Waals surface area contributed by atoms with Crippen LogP contribution in [0, 0.1) is 0 Å². The molecule has 0 aromatic heterocycles. The molecule has 0 saturated heterocycles. The minimum atomic E-state index is -4.65.